The lowest BCUT2D eigenvalue weighted by atomic mass is 10.5. The molecule has 1 aromatic heterocycles. The third-order valence-electron chi connectivity index (χ3n) is 1.75. The van der Waals surface area contributed by atoms with Gasteiger partial charge in [-0.1, -0.05) is 0 Å². The van der Waals surface area contributed by atoms with Gasteiger partial charge in [0.25, 0.3) is 0 Å². The molecule has 4 nitrogen and oxygen atoms in total. The van der Waals surface area contributed by atoms with E-state index < -0.39 is 0 Å². The molecule has 0 spiro atoms. The Labute approximate surface area is 93.7 Å². The van der Waals surface area contributed by atoms with Crippen molar-refractivity contribution in [2.45, 2.75) is 0 Å². The molecule has 0 aliphatic carbocycles. The number of halogens is 1. The zero-order valence-electron chi connectivity index (χ0n) is 7.24. The van der Waals surface area contributed by atoms with Crippen LogP contribution in [0.3, 0.4) is 0 Å². The number of urea groups is 1. The number of hydrogen-bond donors (Lipinski definition) is 1. The fourth-order valence-electron chi connectivity index (χ4n) is 1.09. The Balaban J connectivity index is 2.03. The van der Waals surface area contributed by atoms with Gasteiger partial charge in [-0.3, -0.25) is 0 Å². The van der Waals surface area contributed by atoms with Crippen molar-refractivity contribution in [2.24, 2.45) is 5.10 Å². The van der Waals surface area contributed by atoms with Crippen molar-refractivity contribution in [3.8, 4) is 0 Å². The molecule has 2 rings (SSSR count). The van der Waals surface area contributed by atoms with Gasteiger partial charge in [0.05, 0.1) is 12.8 Å². The molecule has 0 unspecified atom stereocenters. The highest BCUT2D eigenvalue weighted by molar-refractivity contribution is 9.10. The van der Waals surface area contributed by atoms with E-state index >= 15 is 0 Å². The van der Waals surface area contributed by atoms with Gasteiger partial charge in [-0.25, -0.2) is 9.80 Å². The zero-order chi connectivity index (χ0) is 9.97. The highest BCUT2D eigenvalue weighted by atomic mass is 79.9. The molecule has 0 aromatic carbocycles. The summed E-state index contributed by atoms with van der Waals surface area (Å²) in [6.07, 6.45) is 1.69. The number of hydrazone groups is 1. The number of amides is 2. The molecule has 1 aromatic rings. The Hall–Kier alpha value is -0.880. The van der Waals surface area contributed by atoms with Crippen molar-refractivity contribution in [2.75, 3.05) is 13.1 Å². The lowest BCUT2D eigenvalue weighted by molar-refractivity contribution is 0.219. The molecule has 1 aliphatic heterocycles. The number of thiophene rings is 1. The van der Waals surface area contributed by atoms with Crippen molar-refractivity contribution in [3.05, 3.63) is 20.8 Å². The predicted molar refractivity (Wildman–Crippen MR) is 59.7 cm³/mol. The van der Waals surface area contributed by atoms with Gasteiger partial charge in [0, 0.05) is 21.3 Å². The zero-order valence-corrected chi connectivity index (χ0v) is 9.64. The number of rotatable bonds is 2. The fourth-order valence-corrected chi connectivity index (χ4v) is 2.39. The SMILES string of the molecule is O=C1NCCN1N=Cc1cc(Br)cs1. The number of carbonyl (C=O) groups is 1. The number of carbonyl (C=O) groups excluding carboxylic acids is 1. The molecule has 0 saturated carbocycles. The van der Waals surface area contributed by atoms with E-state index in [0.717, 1.165) is 9.35 Å². The van der Waals surface area contributed by atoms with Crippen LogP contribution in [0.25, 0.3) is 0 Å². The first-order valence-corrected chi connectivity index (χ1v) is 5.76. The molecule has 0 atom stereocenters. The summed E-state index contributed by atoms with van der Waals surface area (Å²) in [5.41, 5.74) is 0. The van der Waals surface area contributed by atoms with Crippen LogP contribution >= 0.6 is 27.3 Å². The molecule has 2 amide bonds. The molecule has 6 heteroatoms. The van der Waals surface area contributed by atoms with E-state index in [1.54, 1.807) is 17.6 Å². The molecule has 74 valence electrons. The summed E-state index contributed by atoms with van der Waals surface area (Å²) in [5, 5.41) is 10.2. The van der Waals surface area contributed by atoms with Gasteiger partial charge >= 0.3 is 6.03 Å². The molecule has 0 radical (unpaired) electrons. The van der Waals surface area contributed by atoms with Crippen LogP contribution in [0.2, 0.25) is 0 Å². The first kappa shape index (κ1) is 9.67. The second-order valence-electron chi connectivity index (χ2n) is 2.77. The minimum Gasteiger partial charge on any atom is -0.335 e. The Kier molecular flexibility index (Phi) is 2.83. The minimum atomic E-state index is -0.128. The van der Waals surface area contributed by atoms with Gasteiger partial charge in [-0.05, 0) is 22.0 Å². The van der Waals surface area contributed by atoms with Gasteiger partial charge in [0.1, 0.15) is 0 Å². The molecule has 2 heterocycles. The third-order valence-corrected chi connectivity index (χ3v) is 3.37. The summed E-state index contributed by atoms with van der Waals surface area (Å²) in [5.74, 6) is 0. The fraction of sp³-hybridized carbons (Fsp3) is 0.250. The van der Waals surface area contributed by atoms with Crippen LogP contribution in [-0.2, 0) is 0 Å². The first-order chi connectivity index (χ1) is 6.75. The van der Waals surface area contributed by atoms with Crippen molar-refractivity contribution in [1.29, 1.82) is 0 Å². The third kappa shape index (κ3) is 2.13. The summed E-state index contributed by atoms with van der Waals surface area (Å²) in [6, 6.07) is 1.83. The van der Waals surface area contributed by atoms with Gasteiger partial charge in [-0.15, -0.1) is 11.3 Å². The van der Waals surface area contributed by atoms with E-state index in [2.05, 4.69) is 26.3 Å². The summed E-state index contributed by atoms with van der Waals surface area (Å²) in [4.78, 5) is 12.1. The maximum absolute atomic E-state index is 11.1. The van der Waals surface area contributed by atoms with Gasteiger partial charge in [-0.2, -0.15) is 5.10 Å². The quantitative estimate of drug-likeness (QED) is 0.822. The van der Waals surface area contributed by atoms with E-state index in [9.17, 15) is 4.79 Å². The lowest BCUT2D eigenvalue weighted by Gasteiger charge is -2.04. The second kappa shape index (κ2) is 4.10. The van der Waals surface area contributed by atoms with Crippen LogP contribution in [0.1, 0.15) is 4.88 Å². The second-order valence-corrected chi connectivity index (χ2v) is 4.63. The van der Waals surface area contributed by atoms with Crippen molar-refractivity contribution in [3.63, 3.8) is 0 Å². The maximum Gasteiger partial charge on any atom is 0.337 e. The minimum absolute atomic E-state index is 0.128. The monoisotopic (exact) mass is 273 g/mol. The van der Waals surface area contributed by atoms with E-state index in [1.165, 1.54) is 5.01 Å². The van der Waals surface area contributed by atoms with E-state index in [-0.39, 0.29) is 6.03 Å². The average molecular weight is 274 g/mol. The highest BCUT2D eigenvalue weighted by Gasteiger charge is 2.17. The molecule has 1 N–H and O–H groups in total. The van der Waals surface area contributed by atoms with E-state index in [1.807, 2.05) is 11.4 Å². The van der Waals surface area contributed by atoms with E-state index in [0.29, 0.717) is 13.1 Å². The van der Waals surface area contributed by atoms with Gasteiger partial charge in [0.15, 0.2) is 0 Å². The summed E-state index contributed by atoms with van der Waals surface area (Å²) in [7, 11) is 0. The normalized spacial score (nSPS) is 16.6. The smallest absolute Gasteiger partial charge is 0.335 e. The van der Waals surface area contributed by atoms with Gasteiger partial charge < -0.3 is 5.32 Å². The van der Waals surface area contributed by atoms with Crippen LogP contribution < -0.4 is 5.32 Å². The van der Waals surface area contributed by atoms with Crippen LogP contribution in [0.4, 0.5) is 4.79 Å². The van der Waals surface area contributed by atoms with Crippen LogP contribution in [0.5, 0.6) is 0 Å². The topological polar surface area (TPSA) is 44.7 Å². The van der Waals surface area contributed by atoms with Crippen molar-refractivity contribution in [1.82, 2.24) is 10.3 Å². The maximum atomic E-state index is 11.1. The largest absolute Gasteiger partial charge is 0.337 e. The molecule has 1 aliphatic rings. The standard InChI is InChI=1S/C8H8BrN3OS/c9-6-3-7(14-5-6)4-11-12-2-1-10-8(12)13/h3-5H,1-2H2,(H,10,13). The van der Waals surface area contributed by atoms with Crippen LogP contribution in [0.15, 0.2) is 21.0 Å². The molecule has 14 heavy (non-hydrogen) atoms. The summed E-state index contributed by atoms with van der Waals surface area (Å²) < 4.78 is 1.04. The molecule has 0 bridgehead atoms. The van der Waals surface area contributed by atoms with Crippen molar-refractivity contribution >= 4 is 39.5 Å². The summed E-state index contributed by atoms with van der Waals surface area (Å²) >= 11 is 4.93. The molecular formula is C8H8BrN3OS. The predicted octanol–water partition coefficient (Wildman–Crippen LogP) is 1.87. The highest BCUT2D eigenvalue weighted by Crippen LogP contribution is 2.18. The number of nitrogens with zero attached hydrogens (tertiary/aromatic N) is 2. The first-order valence-electron chi connectivity index (χ1n) is 4.09. The van der Waals surface area contributed by atoms with Crippen molar-refractivity contribution < 1.29 is 4.79 Å². The Morgan fingerprint density at radius 1 is 1.71 bits per heavy atom. The van der Waals surface area contributed by atoms with Crippen LogP contribution in [0, 0.1) is 0 Å². The Bertz CT molecular complexity index is 376. The lowest BCUT2D eigenvalue weighted by Crippen LogP contribution is -2.23. The molecular weight excluding hydrogens is 266 g/mol. The molecule has 1 saturated heterocycles. The van der Waals surface area contributed by atoms with E-state index in [4.69, 9.17) is 0 Å². The van der Waals surface area contributed by atoms with Crippen LogP contribution in [-0.4, -0.2) is 30.3 Å². The molecule has 1 fully saturated rings. The Morgan fingerprint density at radius 3 is 3.14 bits per heavy atom. The average Bonchev–Trinajstić information content (AvgIpc) is 2.72. The Morgan fingerprint density at radius 2 is 2.57 bits per heavy atom. The number of nitrogens with one attached hydrogen (secondary N) is 1. The van der Waals surface area contributed by atoms with Gasteiger partial charge in [0.2, 0.25) is 0 Å². The number of hydrogen-bond acceptors (Lipinski definition) is 3. The summed E-state index contributed by atoms with van der Waals surface area (Å²) in [6.45, 7) is 1.31.